The molecule has 1 aromatic rings. The smallest absolute Gasteiger partial charge is 0.258 e. The van der Waals surface area contributed by atoms with Gasteiger partial charge in [0.2, 0.25) is 0 Å². The molecule has 0 spiro atoms. The molecule has 0 radical (unpaired) electrons. The maximum atomic E-state index is 11.8. The summed E-state index contributed by atoms with van der Waals surface area (Å²) in [6, 6.07) is 3.26. The Labute approximate surface area is 89.3 Å². The summed E-state index contributed by atoms with van der Waals surface area (Å²) in [5.41, 5.74) is -0.517. The lowest BCUT2D eigenvalue weighted by atomic mass is 10.1. The van der Waals surface area contributed by atoms with Crippen molar-refractivity contribution in [2.75, 3.05) is 0 Å². The van der Waals surface area contributed by atoms with E-state index in [2.05, 4.69) is 0 Å². The third-order valence-corrected chi connectivity index (χ3v) is 1.90. The van der Waals surface area contributed by atoms with Crippen molar-refractivity contribution in [1.29, 1.82) is 0 Å². The van der Waals surface area contributed by atoms with E-state index >= 15 is 0 Å². The number of nitrogens with zero attached hydrogens (tertiary/aromatic N) is 2. The average molecular weight is 226 g/mol. The fourth-order valence-corrected chi connectivity index (χ4v) is 1.18. The topological polar surface area (TPSA) is 86.3 Å². The Morgan fingerprint density at radius 1 is 1.25 bits per heavy atom. The minimum absolute atomic E-state index is 0.0187. The number of non-ortho nitro benzene ring substituents is 1. The summed E-state index contributed by atoms with van der Waals surface area (Å²) in [7, 11) is 0. The molecule has 0 amide bonds. The molecular weight excluding hydrogens is 219 g/mol. The number of nitro groups is 2. The molecule has 0 saturated heterocycles. The summed E-state index contributed by atoms with van der Waals surface area (Å²) in [5.74, 6) is 0. The summed E-state index contributed by atoms with van der Waals surface area (Å²) >= 11 is 0. The van der Waals surface area contributed by atoms with Crippen LogP contribution in [0.5, 0.6) is 0 Å². The highest BCUT2D eigenvalue weighted by Gasteiger charge is 2.18. The summed E-state index contributed by atoms with van der Waals surface area (Å²) in [6.45, 7) is 0. The van der Waals surface area contributed by atoms with Crippen molar-refractivity contribution in [1.82, 2.24) is 0 Å². The molecule has 16 heavy (non-hydrogen) atoms. The molecule has 0 aromatic heterocycles. The molecule has 0 unspecified atom stereocenters. The summed E-state index contributed by atoms with van der Waals surface area (Å²) in [5, 5.41) is 21.0. The van der Waals surface area contributed by atoms with E-state index in [9.17, 15) is 24.6 Å². The van der Waals surface area contributed by atoms with Crippen LogP contribution in [0, 0.1) is 20.2 Å². The Morgan fingerprint density at radius 3 is 2.44 bits per heavy atom. The fourth-order valence-electron chi connectivity index (χ4n) is 1.18. The minimum Gasteiger partial charge on any atom is -0.258 e. The van der Waals surface area contributed by atoms with Gasteiger partial charge in [0.1, 0.15) is 0 Å². The van der Waals surface area contributed by atoms with Crippen LogP contribution >= 0.6 is 0 Å². The maximum absolute atomic E-state index is 11.8. The van der Waals surface area contributed by atoms with Crippen LogP contribution in [0.25, 0.3) is 0 Å². The van der Waals surface area contributed by atoms with E-state index in [1.165, 1.54) is 6.07 Å². The zero-order valence-electron chi connectivity index (χ0n) is 8.00. The SMILES string of the molecule is O=[N+]([O-])c1ccc(CC=CF)c([N+](=O)[O-])c1. The highest BCUT2D eigenvalue weighted by Crippen LogP contribution is 2.25. The number of nitro benzene ring substituents is 2. The first-order valence-electron chi connectivity index (χ1n) is 4.23. The fraction of sp³-hybridized carbons (Fsp3) is 0.111. The van der Waals surface area contributed by atoms with Gasteiger partial charge in [-0.25, -0.2) is 4.39 Å². The first-order valence-corrected chi connectivity index (χ1v) is 4.23. The lowest BCUT2D eigenvalue weighted by molar-refractivity contribution is -0.394. The predicted molar refractivity (Wildman–Crippen MR) is 53.7 cm³/mol. The Kier molecular flexibility index (Phi) is 3.65. The molecule has 1 aromatic carbocycles. The zero-order valence-corrected chi connectivity index (χ0v) is 8.00. The molecule has 0 aliphatic rings. The van der Waals surface area contributed by atoms with Crippen molar-refractivity contribution >= 4 is 11.4 Å². The van der Waals surface area contributed by atoms with Gasteiger partial charge in [0, 0.05) is 11.6 Å². The predicted octanol–water partition coefficient (Wildman–Crippen LogP) is 2.53. The van der Waals surface area contributed by atoms with Crippen LogP contribution in [0.2, 0.25) is 0 Å². The van der Waals surface area contributed by atoms with Crippen LogP contribution < -0.4 is 0 Å². The van der Waals surface area contributed by atoms with Crippen LogP contribution in [0.4, 0.5) is 15.8 Å². The average Bonchev–Trinajstić information content (AvgIpc) is 2.25. The second-order valence-corrected chi connectivity index (χ2v) is 2.89. The van der Waals surface area contributed by atoms with E-state index in [0.717, 1.165) is 18.2 Å². The maximum Gasteiger partial charge on any atom is 0.279 e. The molecule has 0 N–H and O–H groups in total. The molecule has 6 nitrogen and oxygen atoms in total. The molecule has 1 rings (SSSR count). The van der Waals surface area contributed by atoms with E-state index < -0.39 is 9.85 Å². The quantitative estimate of drug-likeness (QED) is 0.583. The van der Waals surface area contributed by atoms with Crippen LogP contribution in [0.15, 0.2) is 30.6 Å². The number of hydrogen-bond acceptors (Lipinski definition) is 4. The lowest BCUT2D eigenvalue weighted by Gasteiger charge is -1.99. The number of halogens is 1. The van der Waals surface area contributed by atoms with Crippen LogP contribution in [-0.4, -0.2) is 9.85 Å². The first-order chi connectivity index (χ1) is 7.56. The number of rotatable bonds is 4. The van der Waals surface area contributed by atoms with E-state index in [-0.39, 0.29) is 29.7 Å². The number of allylic oxidation sites excluding steroid dienone is 1. The largest absolute Gasteiger partial charge is 0.279 e. The van der Waals surface area contributed by atoms with Crippen LogP contribution in [-0.2, 0) is 6.42 Å². The second kappa shape index (κ2) is 4.96. The van der Waals surface area contributed by atoms with Crippen molar-refractivity contribution in [2.45, 2.75) is 6.42 Å². The van der Waals surface area contributed by atoms with Crippen molar-refractivity contribution in [3.63, 3.8) is 0 Å². The van der Waals surface area contributed by atoms with Gasteiger partial charge >= 0.3 is 0 Å². The number of hydrogen-bond donors (Lipinski definition) is 0. The van der Waals surface area contributed by atoms with Crippen molar-refractivity contribution in [2.24, 2.45) is 0 Å². The van der Waals surface area contributed by atoms with Gasteiger partial charge in [0.15, 0.2) is 0 Å². The van der Waals surface area contributed by atoms with Gasteiger partial charge in [-0.15, -0.1) is 0 Å². The van der Waals surface area contributed by atoms with E-state index in [0.29, 0.717) is 0 Å². The van der Waals surface area contributed by atoms with Crippen molar-refractivity contribution < 1.29 is 14.2 Å². The molecule has 0 aliphatic carbocycles. The Hall–Kier alpha value is -2.31. The Morgan fingerprint density at radius 2 is 1.94 bits per heavy atom. The van der Waals surface area contributed by atoms with E-state index in [1.54, 1.807) is 0 Å². The molecule has 0 aliphatic heterocycles. The monoisotopic (exact) mass is 226 g/mol. The van der Waals surface area contributed by atoms with Gasteiger partial charge in [-0.1, -0.05) is 6.08 Å². The molecule has 0 bridgehead atoms. The van der Waals surface area contributed by atoms with Crippen LogP contribution in [0.1, 0.15) is 5.56 Å². The molecule has 84 valence electrons. The number of benzene rings is 1. The van der Waals surface area contributed by atoms with Gasteiger partial charge in [-0.05, 0) is 12.5 Å². The van der Waals surface area contributed by atoms with Gasteiger partial charge in [-0.3, -0.25) is 20.2 Å². The summed E-state index contributed by atoms with van der Waals surface area (Å²) < 4.78 is 11.8. The van der Waals surface area contributed by atoms with Gasteiger partial charge in [0.25, 0.3) is 11.4 Å². The van der Waals surface area contributed by atoms with E-state index in [4.69, 9.17) is 0 Å². The molecule has 0 fully saturated rings. The Bertz CT molecular complexity index is 459. The van der Waals surface area contributed by atoms with Crippen molar-refractivity contribution in [3.05, 3.63) is 56.4 Å². The Balaban J connectivity index is 3.19. The highest BCUT2D eigenvalue weighted by atomic mass is 19.1. The normalized spacial score (nSPS) is 10.6. The minimum atomic E-state index is -0.728. The molecule has 7 heteroatoms. The molecule has 0 atom stereocenters. The molecular formula is C9H7FN2O4. The lowest BCUT2D eigenvalue weighted by Crippen LogP contribution is -1.97. The second-order valence-electron chi connectivity index (χ2n) is 2.89. The third-order valence-electron chi connectivity index (χ3n) is 1.90. The molecule has 0 saturated carbocycles. The highest BCUT2D eigenvalue weighted by molar-refractivity contribution is 5.49. The summed E-state index contributed by atoms with van der Waals surface area (Å²) in [4.78, 5) is 19.6. The zero-order chi connectivity index (χ0) is 12.1. The van der Waals surface area contributed by atoms with E-state index in [1.807, 2.05) is 0 Å². The van der Waals surface area contributed by atoms with Crippen LogP contribution in [0.3, 0.4) is 0 Å². The van der Waals surface area contributed by atoms with Gasteiger partial charge in [0.05, 0.1) is 22.2 Å². The summed E-state index contributed by atoms with van der Waals surface area (Å²) in [6.07, 6.45) is 1.38. The standard InChI is InChI=1S/C9H7FN2O4/c10-5-1-2-7-3-4-8(11(13)14)6-9(7)12(15)16/h1,3-6H,2H2. The molecule has 0 heterocycles. The van der Waals surface area contributed by atoms with Crippen molar-refractivity contribution in [3.8, 4) is 0 Å². The third kappa shape index (κ3) is 2.59. The van der Waals surface area contributed by atoms with Gasteiger partial charge < -0.3 is 0 Å². The van der Waals surface area contributed by atoms with Gasteiger partial charge in [-0.2, -0.15) is 0 Å². The first kappa shape index (κ1) is 11.8.